The highest BCUT2D eigenvalue weighted by molar-refractivity contribution is 7.99. The van der Waals surface area contributed by atoms with Gasteiger partial charge in [0.25, 0.3) is 5.69 Å². The molecule has 7 nitrogen and oxygen atoms in total. The van der Waals surface area contributed by atoms with Crippen molar-refractivity contribution in [1.82, 2.24) is 0 Å². The minimum absolute atomic E-state index is 0.0479. The maximum Gasteiger partial charge on any atom is 0.316 e. The van der Waals surface area contributed by atoms with Crippen LogP contribution in [-0.2, 0) is 10.5 Å². The molecule has 0 aliphatic rings. The van der Waals surface area contributed by atoms with Crippen LogP contribution in [0.25, 0.3) is 0 Å². The molecule has 1 rings (SSSR count). The molecular weight excluding hydrogens is 272 g/mol. The predicted octanol–water partition coefficient (Wildman–Crippen LogP) is 1.40. The third-order valence-electron chi connectivity index (χ3n) is 2.40. The Morgan fingerprint density at radius 1 is 1.53 bits per heavy atom. The number of carboxylic acids is 1. The molecule has 0 aromatic heterocycles. The fraction of sp³-hybridized carbons (Fsp3) is 0.273. The molecule has 1 aromatic rings. The maximum absolute atomic E-state index is 11.0. The van der Waals surface area contributed by atoms with Crippen molar-refractivity contribution >= 4 is 29.3 Å². The highest BCUT2D eigenvalue weighted by atomic mass is 32.2. The second-order valence-corrected chi connectivity index (χ2v) is 5.09. The van der Waals surface area contributed by atoms with Gasteiger partial charge in [-0.3, -0.25) is 19.7 Å². The number of nitrogens with two attached hydrogens (primary N) is 1. The van der Waals surface area contributed by atoms with Gasteiger partial charge < -0.3 is 10.8 Å². The first-order valence-electron chi connectivity index (χ1n) is 5.24. The van der Waals surface area contributed by atoms with E-state index in [0.717, 1.165) is 17.8 Å². The largest absolute Gasteiger partial charge is 0.480 e. The van der Waals surface area contributed by atoms with Crippen LogP contribution >= 0.6 is 11.8 Å². The van der Waals surface area contributed by atoms with Gasteiger partial charge in [0.1, 0.15) is 0 Å². The lowest BCUT2D eigenvalue weighted by atomic mass is 10.1. The summed E-state index contributed by atoms with van der Waals surface area (Å²) in [6, 6.07) is 3.90. The minimum Gasteiger partial charge on any atom is -0.480 e. The van der Waals surface area contributed by atoms with Crippen LogP contribution in [0.4, 0.5) is 5.69 Å². The molecule has 1 aromatic carbocycles. The number of nitrogens with zero attached hydrogens (tertiary/aromatic N) is 1. The van der Waals surface area contributed by atoms with Crippen molar-refractivity contribution in [2.75, 3.05) is 0 Å². The monoisotopic (exact) mass is 284 g/mol. The Balaban J connectivity index is 2.97. The van der Waals surface area contributed by atoms with Gasteiger partial charge >= 0.3 is 5.97 Å². The van der Waals surface area contributed by atoms with E-state index in [1.54, 1.807) is 0 Å². The Labute approximate surface area is 112 Å². The van der Waals surface area contributed by atoms with Crippen molar-refractivity contribution in [3.05, 3.63) is 39.4 Å². The number of primary amides is 1. The quantitative estimate of drug-likeness (QED) is 0.601. The van der Waals surface area contributed by atoms with E-state index in [1.165, 1.54) is 19.1 Å². The van der Waals surface area contributed by atoms with E-state index in [-0.39, 0.29) is 17.0 Å². The molecule has 1 unspecified atom stereocenters. The molecular formula is C11H12N2O5S. The summed E-state index contributed by atoms with van der Waals surface area (Å²) in [4.78, 5) is 31.9. The topological polar surface area (TPSA) is 124 Å². The van der Waals surface area contributed by atoms with Crippen LogP contribution in [0.15, 0.2) is 18.2 Å². The molecule has 0 spiro atoms. The molecule has 0 fully saturated rings. The molecule has 0 aliphatic carbocycles. The van der Waals surface area contributed by atoms with Crippen molar-refractivity contribution in [2.45, 2.75) is 17.9 Å². The van der Waals surface area contributed by atoms with Crippen LogP contribution in [0.1, 0.15) is 22.8 Å². The average molecular weight is 284 g/mol. The van der Waals surface area contributed by atoms with E-state index in [0.29, 0.717) is 5.56 Å². The molecule has 0 bridgehead atoms. The summed E-state index contributed by atoms with van der Waals surface area (Å²) in [5.74, 6) is -1.56. The number of hydrogen-bond acceptors (Lipinski definition) is 5. The number of hydrogen-bond donors (Lipinski definition) is 2. The van der Waals surface area contributed by atoms with Gasteiger partial charge in [-0.15, -0.1) is 11.8 Å². The minimum atomic E-state index is -0.985. The Morgan fingerprint density at radius 3 is 2.63 bits per heavy atom. The highest BCUT2D eigenvalue weighted by Gasteiger charge is 2.19. The SMILES string of the molecule is CC(SCc1ccc(C(N)=O)cc1[N+](=O)[O-])C(=O)O. The summed E-state index contributed by atoms with van der Waals surface area (Å²) in [6.07, 6.45) is 0. The molecule has 0 saturated heterocycles. The summed E-state index contributed by atoms with van der Waals surface area (Å²) in [7, 11) is 0. The number of amides is 1. The van der Waals surface area contributed by atoms with Crippen LogP contribution in [0.5, 0.6) is 0 Å². The first kappa shape index (κ1) is 15.0. The predicted molar refractivity (Wildman–Crippen MR) is 70.0 cm³/mol. The summed E-state index contributed by atoms with van der Waals surface area (Å²) >= 11 is 1.06. The van der Waals surface area contributed by atoms with Crippen LogP contribution in [0.3, 0.4) is 0 Å². The van der Waals surface area contributed by atoms with E-state index in [4.69, 9.17) is 10.8 Å². The number of nitro groups is 1. The number of carbonyl (C=O) groups is 2. The molecule has 0 aliphatic heterocycles. The van der Waals surface area contributed by atoms with Crippen LogP contribution < -0.4 is 5.73 Å². The van der Waals surface area contributed by atoms with E-state index in [2.05, 4.69) is 0 Å². The van der Waals surface area contributed by atoms with Gasteiger partial charge in [0, 0.05) is 22.9 Å². The molecule has 1 amide bonds. The normalized spacial score (nSPS) is 11.8. The third kappa shape index (κ3) is 3.95. The Bertz CT molecular complexity index is 532. The average Bonchev–Trinajstić information content (AvgIpc) is 2.35. The van der Waals surface area contributed by atoms with Crippen molar-refractivity contribution in [3.8, 4) is 0 Å². The smallest absolute Gasteiger partial charge is 0.316 e. The summed E-state index contributed by atoms with van der Waals surface area (Å²) in [5.41, 5.74) is 5.22. The summed E-state index contributed by atoms with van der Waals surface area (Å²) < 4.78 is 0. The lowest BCUT2D eigenvalue weighted by molar-refractivity contribution is -0.385. The Morgan fingerprint density at radius 2 is 2.16 bits per heavy atom. The second-order valence-electron chi connectivity index (χ2n) is 3.76. The standard InChI is InChI=1S/C11H12N2O5S/c1-6(11(15)16)19-5-8-3-2-7(10(12)14)4-9(8)13(17)18/h2-4,6H,5H2,1H3,(H2,12,14)(H,15,16). The second kappa shape index (κ2) is 6.19. The van der Waals surface area contributed by atoms with E-state index in [9.17, 15) is 19.7 Å². The van der Waals surface area contributed by atoms with E-state index in [1.807, 2.05) is 0 Å². The molecule has 0 heterocycles. The third-order valence-corrected chi connectivity index (χ3v) is 3.58. The fourth-order valence-corrected chi connectivity index (χ4v) is 2.11. The highest BCUT2D eigenvalue weighted by Crippen LogP contribution is 2.26. The molecule has 3 N–H and O–H groups in total. The van der Waals surface area contributed by atoms with Gasteiger partial charge in [-0.2, -0.15) is 0 Å². The molecule has 0 radical (unpaired) electrons. The van der Waals surface area contributed by atoms with Crippen LogP contribution in [0, 0.1) is 10.1 Å². The lowest BCUT2D eigenvalue weighted by Crippen LogP contribution is -2.13. The molecule has 1 atom stereocenters. The van der Waals surface area contributed by atoms with Crippen molar-refractivity contribution < 1.29 is 19.6 Å². The van der Waals surface area contributed by atoms with Gasteiger partial charge in [0.2, 0.25) is 5.91 Å². The van der Waals surface area contributed by atoms with Gasteiger partial charge in [-0.05, 0) is 13.0 Å². The Kier molecular flexibility index (Phi) is 4.87. The lowest BCUT2D eigenvalue weighted by Gasteiger charge is -2.07. The zero-order valence-electron chi connectivity index (χ0n) is 10.0. The first-order valence-corrected chi connectivity index (χ1v) is 6.29. The number of nitro benzene ring substituents is 1. The molecule has 8 heteroatoms. The molecule has 102 valence electrons. The number of aliphatic carboxylic acids is 1. The van der Waals surface area contributed by atoms with Crippen molar-refractivity contribution in [1.29, 1.82) is 0 Å². The van der Waals surface area contributed by atoms with E-state index >= 15 is 0 Å². The molecule has 0 saturated carbocycles. The number of benzene rings is 1. The van der Waals surface area contributed by atoms with Crippen molar-refractivity contribution in [3.63, 3.8) is 0 Å². The zero-order valence-corrected chi connectivity index (χ0v) is 10.8. The number of rotatable bonds is 6. The fourth-order valence-electron chi connectivity index (χ4n) is 1.30. The van der Waals surface area contributed by atoms with Crippen LogP contribution in [0.2, 0.25) is 0 Å². The number of thioether (sulfide) groups is 1. The van der Waals surface area contributed by atoms with Gasteiger partial charge in [-0.25, -0.2) is 0 Å². The van der Waals surface area contributed by atoms with Gasteiger partial charge in [0.05, 0.1) is 10.2 Å². The molecule has 19 heavy (non-hydrogen) atoms. The van der Waals surface area contributed by atoms with Gasteiger partial charge in [0.15, 0.2) is 0 Å². The van der Waals surface area contributed by atoms with Crippen LogP contribution in [-0.4, -0.2) is 27.2 Å². The van der Waals surface area contributed by atoms with Crippen molar-refractivity contribution in [2.24, 2.45) is 5.73 Å². The number of carbonyl (C=O) groups excluding carboxylic acids is 1. The summed E-state index contributed by atoms with van der Waals surface area (Å²) in [6.45, 7) is 1.50. The Hall–Kier alpha value is -2.09. The maximum atomic E-state index is 11.0. The number of carboxylic acid groups (broad SMARTS) is 1. The van der Waals surface area contributed by atoms with Gasteiger partial charge in [-0.1, -0.05) is 6.07 Å². The summed E-state index contributed by atoms with van der Waals surface area (Å²) in [5, 5.41) is 19.0. The van der Waals surface area contributed by atoms with E-state index < -0.39 is 22.0 Å². The first-order chi connectivity index (χ1) is 8.82. The zero-order chi connectivity index (χ0) is 14.6.